The minimum atomic E-state index is -0.167. The molecule has 0 heterocycles. The molecule has 0 spiro atoms. The van der Waals surface area contributed by atoms with Crippen LogP contribution in [0.15, 0.2) is 0 Å². The van der Waals surface area contributed by atoms with Gasteiger partial charge in [0.25, 0.3) is 0 Å². The summed E-state index contributed by atoms with van der Waals surface area (Å²) in [6.07, 6.45) is -0.167. The Labute approximate surface area is 54.6 Å². The van der Waals surface area contributed by atoms with Crippen molar-refractivity contribution in [2.75, 3.05) is 0 Å². The molecule has 0 aromatic rings. The first kappa shape index (κ1) is 108. The maximum atomic E-state index is 8.06. The molecule has 7 heteroatoms. The number of hydrogen-bond acceptors (Lipinski definition) is 1. The fourth-order valence-corrected chi connectivity index (χ4v) is 0. The third-order valence-corrected chi connectivity index (χ3v) is 0. The highest BCUT2D eigenvalue weighted by molar-refractivity contribution is 4.20. The van der Waals surface area contributed by atoms with E-state index in [-0.39, 0.29) is 34.3 Å². The van der Waals surface area contributed by atoms with Gasteiger partial charge in [0.15, 0.2) is 0 Å². The van der Waals surface area contributed by atoms with Gasteiger partial charge in [-0.1, -0.05) is 0 Å². The summed E-state index contributed by atoms with van der Waals surface area (Å²) in [5, 5.41) is 8.06. The number of halogens is 6. The minimum Gasteiger partial charge on any atom is -0.394 e. The Morgan fingerprint density at radius 3 is 0.700 bits per heavy atom. The number of aliphatic hydroxyl groups excluding tert-OH is 1. The van der Waals surface area contributed by atoms with E-state index < -0.39 is 0 Å². The first-order chi connectivity index (χ1) is 1.73. The third-order valence-electron chi connectivity index (χ3n) is 0. The van der Waals surface area contributed by atoms with Crippen LogP contribution >= 0.6 is 0 Å². The molecular weight excluding hydrogens is 166 g/mol. The number of hydrogen-bond donors (Lipinski definition) is 1. The van der Waals surface area contributed by atoms with E-state index in [2.05, 4.69) is 0 Å². The molecule has 1 N–H and O–H groups in total. The second-order valence-corrected chi connectivity index (χ2v) is 1.09. The lowest BCUT2D eigenvalue weighted by molar-refractivity contribution is 0.216. The van der Waals surface area contributed by atoms with Crippen LogP contribution in [0, 0.1) is 0 Å². The second-order valence-electron chi connectivity index (χ2n) is 1.09. The summed E-state index contributed by atoms with van der Waals surface area (Å²) in [5.74, 6) is 0. The van der Waals surface area contributed by atoms with Gasteiger partial charge in [0.2, 0.25) is 0 Å². The zero-order chi connectivity index (χ0) is 3.58. The maximum Gasteiger partial charge on any atom is 0.0483 e. The molecule has 0 aliphatic carbocycles. The fraction of sp³-hybridized carbons (Fsp3) is 1.00. The molecular formula is C3H14F6O. The van der Waals surface area contributed by atoms with Gasteiger partial charge in [0, 0.05) is 6.10 Å². The lowest BCUT2D eigenvalue weighted by Crippen LogP contribution is -1.85. The second kappa shape index (κ2) is 75.3. The van der Waals surface area contributed by atoms with Crippen LogP contribution in [-0.4, -0.2) is 11.2 Å². The summed E-state index contributed by atoms with van der Waals surface area (Å²) >= 11 is 0. The zero-order valence-corrected chi connectivity index (χ0v) is 5.47. The molecule has 10 heavy (non-hydrogen) atoms. The lowest BCUT2D eigenvalue weighted by Gasteiger charge is -1.80. The first-order valence-electron chi connectivity index (χ1n) is 1.41. The molecule has 0 saturated heterocycles. The first-order valence-corrected chi connectivity index (χ1v) is 1.41. The molecule has 74 valence electrons. The average molecular weight is 180 g/mol. The summed E-state index contributed by atoms with van der Waals surface area (Å²) in [5.41, 5.74) is 0. The molecule has 0 radical (unpaired) electrons. The predicted molar refractivity (Wildman–Crippen MR) is 32.4 cm³/mol. The summed E-state index contributed by atoms with van der Waals surface area (Å²) in [6, 6.07) is 0. The normalized spacial score (nSPS) is 3.60. The van der Waals surface area contributed by atoms with Crippen LogP contribution in [0.3, 0.4) is 0 Å². The molecule has 0 atom stereocenters. The van der Waals surface area contributed by atoms with Crippen molar-refractivity contribution in [1.82, 2.24) is 0 Å². The molecule has 1 nitrogen and oxygen atoms in total. The standard InChI is InChI=1S/C3H8O.6FH/c1-3(2)4;;;;;;/h3-4H,1-2H3;6*1H. The monoisotopic (exact) mass is 180 g/mol. The van der Waals surface area contributed by atoms with Crippen LogP contribution in [-0.2, 0) is 0 Å². The molecule has 0 bridgehead atoms. The Morgan fingerprint density at radius 1 is 0.700 bits per heavy atom. The van der Waals surface area contributed by atoms with Gasteiger partial charge in [-0.25, -0.2) is 0 Å². The summed E-state index contributed by atoms with van der Waals surface area (Å²) in [7, 11) is 0. The Balaban J connectivity index is -0.00000000300. The number of rotatable bonds is 0. The highest BCUT2D eigenvalue weighted by atomic mass is 19.0. The summed E-state index contributed by atoms with van der Waals surface area (Å²) < 4.78 is 0. The van der Waals surface area contributed by atoms with Crippen molar-refractivity contribution in [3.63, 3.8) is 0 Å². The van der Waals surface area contributed by atoms with E-state index in [0.29, 0.717) is 0 Å². The molecule has 0 aliphatic rings. The van der Waals surface area contributed by atoms with Gasteiger partial charge < -0.3 is 5.11 Å². The van der Waals surface area contributed by atoms with E-state index >= 15 is 0 Å². The molecule has 0 saturated carbocycles. The minimum absolute atomic E-state index is 0. The third kappa shape index (κ3) is 1520. The van der Waals surface area contributed by atoms with E-state index in [0.717, 1.165) is 0 Å². The molecule has 0 rings (SSSR count). The lowest BCUT2D eigenvalue weighted by atomic mass is 10.5. The van der Waals surface area contributed by atoms with Crippen LogP contribution in [0.25, 0.3) is 0 Å². The van der Waals surface area contributed by atoms with Crippen molar-refractivity contribution in [1.29, 1.82) is 0 Å². The van der Waals surface area contributed by atoms with Gasteiger partial charge in [-0.05, 0) is 13.8 Å². The van der Waals surface area contributed by atoms with Crippen molar-refractivity contribution < 1.29 is 33.3 Å². The van der Waals surface area contributed by atoms with E-state index in [1.807, 2.05) is 0 Å². The Bertz CT molecular complexity index is 17.7. The Kier molecular flexibility index (Phi) is 812. The predicted octanol–water partition coefficient (Wildman–Crippen LogP) is 1.30. The molecule has 0 aromatic carbocycles. The van der Waals surface area contributed by atoms with Crippen molar-refractivity contribution in [3.05, 3.63) is 0 Å². The van der Waals surface area contributed by atoms with Gasteiger partial charge in [0.1, 0.15) is 0 Å². The van der Waals surface area contributed by atoms with Crippen LogP contribution in [0.4, 0.5) is 28.2 Å². The van der Waals surface area contributed by atoms with Gasteiger partial charge >= 0.3 is 0 Å². The number of aliphatic hydroxyl groups is 1. The largest absolute Gasteiger partial charge is 0.394 e. The molecule has 0 aliphatic heterocycles. The smallest absolute Gasteiger partial charge is 0.0483 e. The topological polar surface area (TPSA) is 20.2 Å². The van der Waals surface area contributed by atoms with Crippen LogP contribution in [0.2, 0.25) is 0 Å². The zero-order valence-electron chi connectivity index (χ0n) is 5.47. The van der Waals surface area contributed by atoms with Crippen molar-refractivity contribution in [2.45, 2.75) is 20.0 Å². The summed E-state index contributed by atoms with van der Waals surface area (Å²) in [6.45, 7) is 3.44. The van der Waals surface area contributed by atoms with E-state index in [4.69, 9.17) is 5.11 Å². The molecule has 0 fully saturated rings. The molecule has 0 unspecified atom stereocenters. The van der Waals surface area contributed by atoms with Crippen molar-refractivity contribution in [2.24, 2.45) is 0 Å². The fourth-order valence-electron chi connectivity index (χ4n) is 0. The van der Waals surface area contributed by atoms with E-state index in [1.54, 1.807) is 13.8 Å². The maximum absolute atomic E-state index is 8.06. The Morgan fingerprint density at radius 2 is 0.700 bits per heavy atom. The molecule has 0 aromatic heterocycles. The summed E-state index contributed by atoms with van der Waals surface area (Å²) in [4.78, 5) is 0. The molecule has 0 amide bonds. The highest BCUT2D eigenvalue weighted by Crippen LogP contribution is 1.65. The van der Waals surface area contributed by atoms with E-state index in [9.17, 15) is 0 Å². The van der Waals surface area contributed by atoms with Gasteiger partial charge in [-0.3, -0.25) is 28.2 Å². The van der Waals surface area contributed by atoms with Crippen LogP contribution in [0.5, 0.6) is 0 Å². The van der Waals surface area contributed by atoms with Crippen molar-refractivity contribution in [3.8, 4) is 0 Å². The van der Waals surface area contributed by atoms with Crippen LogP contribution in [0.1, 0.15) is 13.8 Å². The quantitative estimate of drug-likeness (QED) is 0.557. The van der Waals surface area contributed by atoms with Crippen molar-refractivity contribution >= 4 is 0 Å². The Hall–Kier alpha value is -0.460. The SMILES string of the molecule is CC(C)O.F.F.F.F.F.F. The highest BCUT2D eigenvalue weighted by Gasteiger charge is 1.69. The van der Waals surface area contributed by atoms with Gasteiger partial charge in [-0.15, -0.1) is 0 Å². The van der Waals surface area contributed by atoms with E-state index in [1.165, 1.54) is 0 Å². The van der Waals surface area contributed by atoms with Gasteiger partial charge in [-0.2, -0.15) is 0 Å². The van der Waals surface area contributed by atoms with Gasteiger partial charge in [0.05, 0.1) is 0 Å². The average Bonchev–Trinajstić information content (AvgIpc) is 0.811. The van der Waals surface area contributed by atoms with Crippen LogP contribution < -0.4 is 0 Å².